The minimum atomic E-state index is -3.54. The number of sulfonamides is 1. The normalized spacial score (nSPS) is 11.3. The maximum atomic E-state index is 12.3. The SMILES string of the molecule is CCc1ccc(NS(=O)(=O)c2ccc(Br)c(C)c2)cc1. The molecule has 0 fully saturated rings. The van der Waals surface area contributed by atoms with Crippen molar-refractivity contribution in [1.82, 2.24) is 0 Å². The van der Waals surface area contributed by atoms with E-state index in [1.54, 1.807) is 30.3 Å². The molecule has 0 heterocycles. The number of nitrogens with one attached hydrogen (secondary N) is 1. The van der Waals surface area contributed by atoms with Crippen LogP contribution in [0.4, 0.5) is 5.69 Å². The number of benzene rings is 2. The Morgan fingerprint density at radius 3 is 2.30 bits per heavy atom. The predicted molar refractivity (Wildman–Crippen MR) is 85.5 cm³/mol. The van der Waals surface area contributed by atoms with Crippen molar-refractivity contribution in [3.63, 3.8) is 0 Å². The lowest BCUT2D eigenvalue weighted by Gasteiger charge is -2.09. The third-order valence-corrected chi connectivity index (χ3v) is 5.32. The lowest BCUT2D eigenvalue weighted by atomic mass is 10.2. The maximum Gasteiger partial charge on any atom is 0.261 e. The zero-order chi connectivity index (χ0) is 14.8. The zero-order valence-corrected chi connectivity index (χ0v) is 13.8. The fourth-order valence-electron chi connectivity index (χ4n) is 1.81. The molecule has 2 aromatic rings. The van der Waals surface area contributed by atoms with E-state index >= 15 is 0 Å². The van der Waals surface area contributed by atoms with Gasteiger partial charge in [0.15, 0.2) is 0 Å². The van der Waals surface area contributed by atoms with Crippen LogP contribution in [-0.4, -0.2) is 8.42 Å². The van der Waals surface area contributed by atoms with Gasteiger partial charge >= 0.3 is 0 Å². The first kappa shape index (κ1) is 15.1. The molecular weight excluding hydrogens is 338 g/mol. The van der Waals surface area contributed by atoms with Gasteiger partial charge in [-0.25, -0.2) is 8.42 Å². The molecule has 1 N–H and O–H groups in total. The molecule has 2 rings (SSSR count). The van der Waals surface area contributed by atoms with Gasteiger partial charge < -0.3 is 0 Å². The van der Waals surface area contributed by atoms with Crippen LogP contribution in [0.15, 0.2) is 51.8 Å². The van der Waals surface area contributed by atoms with E-state index in [-0.39, 0.29) is 4.90 Å². The summed E-state index contributed by atoms with van der Waals surface area (Å²) in [5.74, 6) is 0. The van der Waals surface area contributed by atoms with E-state index in [9.17, 15) is 8.42 Å². The second kappa shape index (κ2) is 5.97. The molecule has 0 aromatic heterocycles. The Bertz CT molecular complexity index is 709. The number of hydrogen-bond acceptors (Lipinski definition) is 2. The smallest absolute Gasteiger partial charge is 0.261 e. The molecule has 106 valence electrons. The summed E-state index contributed by atoms with van der Waals surface area (Å²) in [6.07, 6.45) is 0.930. The summed E-state index contributed by atoms with van der Waals surface area (Å²) in [7, 11) is -3.54. The Labute approximate surface area is 128 Å². The molecule has 0 saturated carbocycles. The van der Waals surface area contributed by atoms with Crippen LogP contribution in [-0.2, 0) is 16.4 Å². The number of halogens is 1. The van der Waals surface area contributed by atoms with E-state index in [0.717, 1.165) is 16.5 Å². The Hall–Kier alpha value is -1.33. The van der Waals surface area contributed by atoms with E-state index in [2.05, 4.69) is 27.6 Å². The average Bonchev–Trinajstić information content (AvgIpc) is 2.42. The van der Waals surface area contributed by atoms with E-state index in [4.69, 9.17) is 0 Å². The van der Waals surface area contributed by atoms with Gasteiger partial charge in [-0.3, -0.25) is 4.72 Å². The fourth-order valence-corrected chi connectivity index (χ4v) is 3.20. The number of aryl methyl sites for hydroxylation is 2. The van der Waals surface area contributed by atoms with Gasteiger partial charge in [0.25, 0.3) is 10.0 Å². The van der Waals surface area contributed by atoms with E-state index < -0.39 is 10.0 Å². The highest BCUT2D eigenvalue weighted by Gasteiger charge is 2.14. The average molecular weight is 354 g/mol. The van der Waals surface area contributed by atoms with Crippen LogP contribution in [0.1, 0.15) is 18.1 Å². The largest absolute Gasteiger partial charge is 0.280 e. The van der Waals surface area contributed by atoms with Crippen molar-refractivity contribution in [3.05, 3.63) is 58.1 Å². The summed E-state index contributed by atoms with van der Waals surface area (Å²) in [6.45, 7) is 3.92. The highest BCUT2D eigenvalue weighted by molar-refractivity contribution is 9.10. The fraction of sp³-hybridized carbons (Fsp3) is 0.200. The highest BCUT2D eigenvalue weighted by atomic mass is 79.9. The summed E-state index contributed by atoms with van der Waals surface area (Å²) in [5, 5.41) is 0. The summed E-state index contributed by atoms with van der Waals surface area (Å²) in [5.41, 5.74) is 2.63. The Kier molecular flexibility index (Phi) is 4.50. The van der Waals surface area contributed by atoms with Gasteiger partial charge in [0.2, 0.25) is 0 Å². The molecule has 0 amide bonds. The molecule has 0 atom stereocenters. The van der Waals surface area contributed by atoms with Crippen molar-refractivity contribution in [2.45, 2.75) is 25.2 Å². The van der Waals surface area contributed by atoms with Crippen molar-refractivity contribution < 1.29 is 8.42 Å². The van der Waals surface area contributed by atoms with Crippen molar-refractivity contribution in [1.29, 1.82) is 0 Å². The van der Waals surface area contributed by atoms with Crippen molar-refractivity contribution in [3.8, 4) is 0 Å². The monoisotopic (exact) mass is 353 g/mol. The molecule has 20 heavy (non-hydrogen) atoms. The molecule has 2 aromatic carbocycles. The summed E-state index contributed by atoms with van der Waals surface area (Å²) >= 11 is 3.36. The van der Waals surface area contributed by atoms with Crippen LogP contribution in [0.2, 0.25) is 0 Å². The Balaban J connectivity index is 2.27. The topological polar surface area (TPSA) is 46.2 Å². The maximum absolute atomic E-state index is 12.3. The van der Waals surface area contributed by atoms with Gasteiger partial charge in [-0.2, -0.15) is 0 Å². The van der Waals surface area contributed by atoms with Crippen molar-refractivity contribution in [2.24, 2.45) is 0 Å². The second-order valence-electron chi connectivity index (χ2n) is 4.57. The zero-order valence-electron chi connectivity index (χ0n) is 11.4. The minimum absolute atomic E-state index is 0.262. The molecule has 0 radical (unpaired) electrons. The van der Waals surface area contributed by atoms with Crippen LogP contribution in [0.25, 0.3) is 0 Å². The van der Waals surface area contributed by atoms with E-state index in [0.29, 0.717) is 5.69 Å². The molecular formula is C15H16BrNO2S. The first-order chi connectivity index (χ1) is 9.42. The van der Waals surface area contributed by atoms with Gasteiger partial charge in [0.05, 0.1) is 4.90 Å². The predicted octanol–water partition coefficient (Wildman–Crippen LogP) is 4.12. The second-order valence-corrected chi connectivity index (χ2v) is 7.10. The molecule has 3 nitrogen and oxygen atoms in total. The van der Waals surface area contributed by atoms with Gasteiger partial charge in [0.1, 0.15) is 0 Å². The van der Waals surface area contributed by atoms with Gasteiger partial charge in [0, 0.05) is 10.2 Å². The lowest BCUT2D eigenvalue weighted by Crippen LogP contribution is -2.13. The summed E-state index contributed by atoms with van der Waals surface area (Å²) < 4.78 is 28.1. The molecule has 0 unspecified atom stereocenters. The van der Waals surface area contributed by atoms with Crippen LogP contribution in [0.5, 0.6) is 0 Å². The number of hydrogen-bond donors (Lipinski definition) is 1. The number of rotatable bonds is 4. The first-order valence-electron chi connectivity index (χ1n) is 6.30. The Morgan fingerprint density at radius 2 is 1.75 bits per heavy atom. The lowest BCUT2D eigenvalue weighted by molar-refractivity contribution is 0.601. The molecule has 0 aliphatic heterocycles. The van der Waals surface area contributed by atoms with Crippen molar-refractivity contribution in [2.75, 3.05) is 4.72 Å². The van der Waals surface area contributed by atoms with Crippen LogP contribution >= 0.6 is 15.9 Å². The molecule has 0 saturated heterocycles. The van der Waals surface area contributed by atoms with Gasteiger partial charge in [-0.05, 0) is 54.8 Å². The van der Waals surface area contributed by atoms with Gasteiger partial charge in [-0.15, -0.1) is 0 Å². The van der Waals surface area contributed by atoms with E-state index in [1.807, 2.05) is 19.1 Å². The van der Waals surface area contributed by atoms with E-state index in [1.165, 1.54) is 5.56 Å². The highest BCUT2D eigenvalue weighted by Crippen LogP contribution is 2.22. The standard InChI is InChI=1S/C15H16BrNO2S/c1-3-12-4-6-13(7-5-12)17-20(18,19)14-8-9-15(16)11(2)10-14/h4-10,17H,3H2,1-2H3. The summed E-state index contributed by atoms with van der Waals surface area (Å²) in [4.78, 5) is 0.262. The van der Waals surface area contributed by atoms with Crippen LogP contribution in [0, 0.1) is 6.92 Å². The third-order valence-electron chi connectivity index (χ3n) is 3.05. The minimum Gasteiger partial charge on any atom is -0.280 e. The quantitative estimate of drug-likeness (QED) is 0.898. The molecule has 0 aliphatic rings. The summed E-state index contributed by atoms with van der Waals surface area (Å²) in [6, 6.07) is 12.4. The van der Waals surface area contributed by atoms with Gasteiger partial charge in [-0.1, -0.05) is 35.0 Å². The first-order valence-corrected chi connectivity index (χ1v) is 8.58. The van der Waals surface area contributed by atoms with Crippen molar-refractivity contribution >= 4 is 31.6 Å². The molecule has 0 bridgehead atoms. The third kappa shape index (κ3) is 3.41. The van der Waals surface area contributed by atoms with Crippen LogP contribution < -0.4 is 4.72 Å². The molecule has 5 heteroatoms. The molecule has 0 aliphatic carbocycles. The van der Waals surface area contributed by atoms with Crippen LogP contribution in [0.3, 0.4) is 0 Å². The Morgan fingerprint density at radius 1 is 1.10 bits per heavy atom. The number of anilines is 1. The molecule has 0 spiro atoms.